The number of rotatable bonds is 2. The molecule has 2 rings (SSSR count). The number of carbonyl (C=O) groups is 1. The molecule has 0 aliphatic rings. The summed E-state index contributed by atoms with van der Waals surface area (Å²) in [5, 5.41) is 16.6. The van der Waals surface area contributed by atoms with Gasteiger partial charge in [-0.1, -0.05) is 21.1 Å². The van der Waals surface area contributed by atoms with E-state index in [2.05, 4.69) is 26.2 Å². The van der Waals surface area contributed by atoms with E-state index >= 15 is 0 Å². The van der Waals surface area contributed by atoms with Crippen molar-refractivity contribution in [1.82, 2.24) is 15.0 Å². The van der Waals surface area contributed by atoms with Gasteiger partial charge < -0.3 is 5.11 Å². The molecule has 0 spiro atoms. The van der Waals surface area contributed by atoms with Crippen LogP contribution in [0.15, 0.2) is 22.7 Å². The number of aromatic nitrogens is 3. The van der Waals surface area contributed by atoms with Gasteiger partial charge in [-0.15, -0.1) is 5.10 Å². The summed E-state index contributed by atoms with van der Waals surface area (Å²) in [6, 6.07) is 4.71. The summed E-state index contributed by atoms with van der Waals surface area (Å²) in [4.78, 5) is 10.8. The summed E-state index contributed by atoms with van der Waals surface area (Å²) in [6.45, 7) is 1.57. The molecule has 0 aliphatic heterocycles. The van der Waals surface area contributed by atoms with E-state index in [0.717, 1.165) is 4.47 Å². The van der Waals surface area contributed by atoms with E-state index in [1.807, 2.05) is 6.07 Å². The van der Waals surface area contributed by atoms with Crippen molar-refractivity contribution in [3.05, 3.63) is 22.7 Å². The van der Waals surface area contributed by atoms with Crippen LogP contribution in [-0.2, 0) is 4.79 Å². The van der Waals surface area contributed by atoms with Gasteiger partial charge >= 0.3 is 5.97 Å². The molecule has 1 heterocycles. The molecule has 1 atom stereocenters. The lowest BCUT2D eigenvalue weighted by molar-refractivity contribution is -0.140. The fraction of sp³-hybridized carbons (Fsp3) is 0.222. The minimum atomic E-state index is -0.926. The van der Waals surface area contributed by atoms with Crippen LogP contribution in [0, 0.1) is 0 Å². The van der Waals surface area contributed by atoms with E-state index < -0.39 is 12.0 Å². The molecule has 0 saturated heterocycles. The number of carboxylic acids is 1. The normalized spacial score (nSPS) is 12.9. The summed E-state index contributed by atoms with van der Waals surface area (Å²) in [7, 11) is 0. The Kier molecular flexibility index (Phi) is 2.44. The van der Waals surface area contributed by atoms with Crippen LogP contribution in [0.25, 0.3) is 11.0 Å². The van der Waals surface area contributed by atoms with Gasteiger partial charge in [-0.25, -0.2) is 9.48 Å². The smallest absolute Gasteiger partial charge is 0.328 e. The number of aliphatic carboxylic acids is 1. The second-order valence-electron chi connectivity index (χ2n) is 3.18. The van der Waals surface area contributed by atoms with E-state index in [4.69, 9.17) is 5.11 Å². The van der Waals surface area contributed by atoms with Crippen LogP contribution in [0.4, 0.5) is 0 Å². The second-order valence-corrected chi connectivity index (χ2v) is 4.10. The van der Waals surface area contributed by atoms with Gasteiger partial charge in [0.1, 0.15) is 11.6 Å². The highest BCUT2D eigenvalue weighted by atomic mass is 79.9. The third kappa shape index (κ3) is 1.72. The average molecular weight is 270 g/mol. The summed E-state index contributed by atoms with van der Waals surface area (Å²) >= 11 is 3.31. The first-order valence-electron chi connectivity index (χ1n) is 4.33. The number of hydrogen-bond acceptors (Lipinski definition) is 3. The number of nitrogens with zero attached hydrogens (tertiary/aromatic N) is 3. The lowest BCUT2D eigenvalue weighted by Crippen LogP contribution is -2.16. The Hall–Kier alpha value is -1.43. The Morgan fingerprint density at radius 2 is 2.33 bits per heavy atom. The van der Waals surface area contributed by atoms with Crippen molar-refractivity contribution >= 4 is 32.9 Å². The first kappa shape index (κ1) is 10.1. The Balaban J connectivity index is 2.59. The summed E-state index contributed by atoms with van der Waals surface area (Å²) < 4.78 is 2.29. The lowest BCUT2D eigenvalue weighted by Gasteiger charge is -2.06. The number of halogens is 1. The van der Waals surface area contributed by atoms with Crippen molar-refractivity contribution in [3.8, 4) is 0 Å². The molecule has 2 aromatic rings. The highest BCUT2D eigenvalue weighted by molar-refractivity contribution is 9.10. The molecule has 78 valence electrons. The molecule has 1 aromatic carbocycles. The zero-order valence-electron chi connectivity index (χ0n) is 7.88. The maximum Gasteiger partial charge on any atom is 0.328 e. The van der Waals surface area contributed by atoms with Crippen LogP contribution >= 0.6 is 15.9 Å². The molecule has 0 radical (unpaired) electrons. The monoisotopic (exact) mass is 269 g/mol. The summed E-state index contributed by atoms with van der Waals surface area (Å²) in [5.74, 6) is -0.926. The van der Waals surface area contributed by atoms with Crippen LogP contribution in [0.1, 0.15) is 13.0 Å². The quantitative estimate of drug-likeness (QED) is 0.904. The van der Waals surface area contributed by atoms with Gasteiger partial charge in [-0.2, -0.15) is 0 Å². The van der Waals surface area contributed by atoms with Gasteiger partial charge in [-0.05, 0) is 25.1 Å². The Morgan fingerprint density at radius 3 is 3.00 bits per heavy atom. The molecule has 0 bridgehead atoms. The zero-order valence-corrected chi connectivity index (χ0v) is 9.47. The van der Waals surface area contributed by atoms with Crippen molar-refractivity contribution in [3.63, 3.8) is 0 Å². The molecule has 6 heteroatoms. The number of hydrogen-bond donors (Lipinski definition) is 1. The van der Waals surface area contributed by atoms with Gasteiger partial charge in [0, 0.05) is 4.47 Å². The molecule has 1 N–H and O–H groups in total. The summed E-state index contributed by atoms with van der Waals surface area (Å²) in [5.41, 5.74) is 1.39. The molecule has 5 nitrogen and oxygen atoms in total. The molecule has 0 amide bonds. The maximum absolute atomic E-state index is 10.8. The third-order valence-electron chi connectivity index (χ3n) is 2.16. The van der Waals surface area contributed by atoms with Gasteiger partial charge in [0.2, 0.25) is 0 Å². The van der Waals surface area contributed by atoms with E-state index in [1.54, 1.807) is 19.1 Å². The summed E-state index contributed by atoms with van der Waals surface area (Å²) in [6.07, 6.45) is 0. The van der Waals surface area contributed by atoms with Crippen molar-refractivity contribution in [2.45, 2.75) is 13.0 Å². The number of carboxylic acid groups (broad SMARTS) is 1. The Labute approximate surface area is 93.8 Å². The van der Waals surface area contributed by atoms with Crippen molar-refractivity contribution in [2.75, 3.05) is 0 Å². The van der Waals surface area contributed by atoms with E-state index in [1.165, 1.54) is 4.68 Å². The topological polar surface area (TPSA) is 68.0 Å². The van der Waals surface area contributed by atoms with Crippen molar-refractivity contribution in [2.24, 2.45) is 0 Å². The minimum absolute atomic E-state index is 0.678. The SMILES string of the molecule is CC(C(=O)O)n1nnc2cc(Br)ccc21. The molecule has 0 fully saturated rings. The van der Waals surface area contributed by atoms with Crippen LogP contribution < -0.4 is 0 Å². The molecule has 15 heavy (non-hydrogen) atoms. The first-order chi connectivity index (χ1) is 7.09. The lowest BCUT2D eigenvalue weighted by atomic mass is 10.3. The van der Waals surface area contributed by atoms with E-state index in [9.17, 15) is 4.79 Å². The minimum Gasteiger partial charge on any atom is -0.480 e. The highest BCUT2D eigenvalue weighted by Gasteiger charge is 2.17. The third-order valence-corrected chi connectivity index (χ3v) is 2.65. The Bertz CT molecular complexity index is 523. The highest BCUT2D eigenvalue weighted by Crippen LogP contribution is 2.19. The van der Waals surface area contributed by atoms with Crippen LogP contribution in [0.3, 0.4) is 0 Å². The van der Waals surface area contributed by atoms with Crippen molar-refractivity contribution in [1.29, 1.82) is 0 Å². The average Bonchev–Trinajstić information content (AvgIpc) is 2.59. The molecular weight excluding hydrogens is 262 g/mol. The van der Waals surface area contributed by atoms with Gasteiger partial charge in [0.05, 0.1) is 5.52 Å². The fourth-order valence-corrected chi connectivity index (χ4v) is 1.65. The molecule has 1 aromatic heterocycles. The van der Waals surface area contributed by atoms with Crippen LogP contribution in [-0.4, -0.2) is 26.1 Å². The first-order valence-corrected chi connectivity index (χ1v) is 5.12. The molecule has 0 aliphatic carbocycles. The van der Waals surface area contributed by atoms with Crippen LogP contribution in [0.5, 0.6) is 0 Å². The van der Waals surface area contributed by atoms with E-state index in [0.29, 0.717) is 11.0 Å². The molecule has 1 unspecified atom stereocenters. The molecule has 0 saturated carbocycles. The van der Waals surface area contributed by atoms with Crippen molar-refractivity contribution < 1.29 is 9.90 Å². The van der Waals surface area contributed by atoms with Gasteiger partial charge in [-0.3, -0.25) is 0 Å². The van der Waals surface area contributed by atoms with Crippen LogP contribution in [0.2, 0.25) is 0 Å². The predicted molar refractivity (Wildman–Crippen MR) is 57.6 cm³/mol. The maximum atomic E-state index is 10.8. The fourth-order valence-electron chi connectivity index (χ4n) is 1.31. The standard InChI is InChI=1S/C9H8BrN3O2/c1-5(9(14)15)13-8-3-2-6(10)4-7(8)11-12-13/h2-5H,1H3,(H,14,15). The number of fused-ring (bicyclic) bond motifs is 1. The van der Waals surface area contributed by atoms with Gasteiger partial charge in [0.25, 0.3) is 0 Å². The second kappa shape index (κ2) is 3.62. The largest absolute Gasteiger partial charge is 0.480 e. The number of benzene rings is 1. The predicted octanol–water partition coefficient (Wildman–Crippen LogP) is 1.84. The zero-order chi connectivity index (χ0) is 11.0. The molecular formula is C9H8BrN3O2. The van der Waals surface area contributed by atoms with Gasteiger partial charge in [0.15, 0.2) is 0 Å². The Morgan fingerprint density at radius 1 is 1.60 bits per heavy atom. The van der Waals surface area contributed by atoms with E-state index in [-0.39, 0.29) is 0 Å².